The van der Waals surface area contributed by atoms with Gasteiger partial charge in [-0.2, -0.15) is 0 Å². The van der Waals surface area contributed by atoms with Crippen molar-refractivity contribution in [1.82, 2.24) is 0 Å². The van der Waals surface area contributed by atoms with Gasteiger partial charge in [-0.25, -0.2) is 0 Å². The number of esters is 2. The van der Waals surface area contributed by atoms with Gasteiger partial charge in [-0.15, -0.1) is 0 Å². The maximum atomic E-state index is 12.9. The summed E-state index contributed by atoms with van der Waals surface area (Å²) in [6.45, 7) is 5.18. The zero-order chi connectivity index (χ0) is 20.7. The van der Waals surface area contributed by atoms with Crippen molar-refractivity contribution in [3.05, 3.63) is 71.8 Å². The second-order valence-corrected chi connectivity index (χ2v) is 7.54. The van der Waals surface area contributed by atoms with Gasteiger partial charge < -0.3 is 9.47 Å². The van der Waals surface area contributed by atoms with Crippen molar-refractivity contribution >= 4 is 17.7 Å². The number of ether oxygens (including phenoxy) is 2. The highest BCUT2D eigenvalue weighted by molar-refractivity contribution is 6.00. The minimum absolute atomic E-state index is 0.0208. The van der Waals surface area contributed by atoms with Gasteiger partial charge in [-0.05, 0) is 26.3 Å². The molecule has 0 heterocycles. The highest BCUT2D eigenvalue weighted by Gasteiger charge is 2.40. The molecule has 2 unspecified atom stereocenters. The Kier molecular flexibility index (Phi) is 7.10. The van der Waals surface area contributed by atoms with E-state index in [2.05, 4.69) is 0 Å². The van der Waals surface area contributed by atoms with Crippen LogP contribution in [0.4, 0.5) is 0 Å². The third kappa shape index (κ3) is 5.78. The number of ketones is 1. The Balaban J connectivity index is 2.43. The highest BCUT2D eigenvalue weighted by atomic mass is 16.6. The zero-order valence-electron chi connectivity index (χ0n) is 16.7. The van der Waals surface area contributed by atoms with Crippen LogP contribution in [0.3, 0.4) is 0 Å². The molecule has 5 heteroatoms. The fraction of sp³-hybridized carbons (Fsp3) is 0.348. The van der Waals surface area contributed by atoms with Crippen LogP contribution in [0.1, 0.15) is 49.0 Å². The molecule has 0 aromatic heterocycles. The van der Waals surface area contributed by atoms with E-state index in [0.717, 1.165) is 0 Å². The predicted octanol–water partition coefficient (Wildman–Crippen LogP) is 4.17. The van der Waals surface area contributed by atoms with Crippen LogP contribution >= 0.6 is 0 Å². The number of hydrogen-bond donors (Lipinski definition) is 0. The predicted molar refractivity (Wildman–Crippen MR) is 106 cm³/mol. The SMILES string of the molecule is COC(=O)C(C(=O)OC(C)(C)C)C(CC(=O)c1ccccc1)c1ccccc1. The van der Waals surface area contributed by atoms with Crippen LogP contribution in [-0.4, -0.2) is 30.4 Å². The van der Waals surface area contributed by atoms with Crippen molar-refractivity contribution in [3.8, 4) is 0 Å². The van der Waals surface area contributed by atoms with Crippen LogP contribution in [0.2, 0.25) is 0 Å². The van der Waals surface area contributed by atoms with Crippen LogP contribution in [0.15, 0.2) is 60.7 Å². The van der Waals surface area contributed by atoms with Gasteiger partial charge in [0.2, 0.25) is 0 Å². The molecule has 0 saturated heterocycles. The Labute approximate surface area is 165 Å². The second kappa shape index (κ2) is 9.31. The van der Waals surface area contributed by atoms with Gasteiger partial charge in [-0.1, -0.05) is 60.7 Å². The molecule has 0 bridgehead atoms. The average Bonchev–Trinajstić information content (AvgIpc) is 2.67. The number of Topliss-reactive ketones (excluding diaryl/α,β-unsaturated/α-hetero) is 1. The smallest absolute Gasteiger partial charge is 0.321 e. The van der Waals surface area contributed by atoms with Gasteiger partial charge in [0.1, 0.15) is 5.60 Å². The quantitative estimate of drug-likeness (QED) is 0.408. The van der Waals surface area contributed by atoms with Gasteiger partial charge in [0.15, 0.2) is 11.7 Å². The Morgan fingerprint density at radius 2 is 1.39 bits per heavy atom. The molecule has 28 heavy (non-hydrogen) atoms. The number of rotatable bonds is 7. The minimum Gasteiger partial charge on any atom is -0.468 e. The van der Waals surface area contributed by atoms with E-state index < -0.39 is 29.4 Å². The lowest BCUT2D eigenvalue weighted by Crippen LogP contribution is -2.37. The van der Waals surface area contributed by atoms with E-state index in [1.807, 2.05) is 12.1 Å². The van der Waals surface area contributed by atoms with E-state index in [-0.39, 0.29) is 12.2 Å². The third-order valence-electron chi connectivity index (χ3n) is 4.25. The van der Waals surface area contributed by atoms with E-state index in [1.165, 1.54) is 7.11 Å². The standard InChI is InChI=1S/C23H26O5/c1-23(2,3)28-22(26)20(21(25)27-4)18(16-11-7-5-8-12-16)15-19(24)17-13-9-6-10-14-17/h5-14,18,20H,15H2,1-4H3. The van der Waals surface area contributed by atoms with Crippen molar-refractivity contribution in [3.63, 3.8) is 0 Å². The van der Waals surface area contributed by atoms with E-state index in [9.17, 15) is 14.4 Å². The number of methoxy groups -OCH3 is 1. The molecular formula is C23H26O5. The molecule has 148 valence electrons. The molecule has 0 radical (unpaired) electrons. The molecule has 2 aromatic rings. The molecule has 2 rings (SSSR count). The summed E-state index contributed by atoms with van der Waals surface area (Å²) < 4.78 is 10.3. The topological polar surface area (TPSA) is 69.7 Å². The van der Waals surface area contributed by atoms with Crippen molar-refractivity contribution in [2.45, 2.75) is 38.7 Å². The molecule has 0 amide bonds. The fourth-order valence-electron chi connectivity index (χ4n) is 2.99. The first-order valence-corrected chi connectivity index (χ1v) is 9.17. The minimum atomic E-state index is -1.24. The lowest BCUT2D eigenvalue weighted by molar-refractivity contribution is -0.169. The summed E-state index contributed by atoms with van der Waals surface area (Å²) in [5, 5.41) is 0. The number of carbonyl (C=O) groups is 3. The van der Waals surface area contributed by atoms with Crippen LogP contribution in [0.25, 0.3) is 0 Å². The van der Waals surface area contributed by atoms with E-state index >= 15 is 0 Å². The Bertz CT molecular complexity index is 806. The lowest BCUT2D eigenvalue weighted by Gasteiger charge is -2.27. The van der Waals surface area contributed by atoms with Crippen LogP contribution in [-0.2, 0) is 19.1 Å². The van der Waals surface area contributed by atoms with Crippen molar-refractivity contribution < 1.29 is 23.9 Å². The Morgan fingerprint density at radius 1 is 0.857 bits per heavy atom. The third-order valence-corrected chi connectivity index (χ3v) is 4.25. The molecule has 0 fully saturated rings. The number of benzene rings is 2. The van der Waals surface area contributed by atoms with E-state index in [4.69, 9.17) is 9.47 Å². The van der Waals surface area contributed by atoms with Crippen LogP contribution in [0, 0.1) is 5.92 Å². The Hall–Kier alpha value is -2.95. The summed E-state index contributed by atoms with van der Waals surface area (Å²) in [4.78, 5) is 38.2. The average molecular weight is 382 g/mol. The van der Waals surface area contributed by atoms with Crippen LogP contribution < -0.4 is 0 Å². The van der Waals surface area contributed by atoms with Gasteiger partial charge >= 0.3 is 11.9 Å². The molecule has 0 spiro atoms. The van der Waals surface area contributed by atoms with E-state index in [0.29, 0.717) is 11.1 Å². The second-order valence-electron chi connectivity index (χ2n) is 7.54. The molecule has 0 saturated carbocycles. The lowest BCUT2D eigenvalue weighted by atomic mass is 9.81. The molecule has 0 aliphatic carbocycles. The molecule has 5 nitrogen and oxygen atoms in total. The summed E-state index contributed by atoms with van der Waals surface area (Å²) >= 11 is 0. The van der Waals surface area contributed by atoms with E-state index in [1.54, 1.807) is 69.3 Å². The first-order chi connectivity index (χ1) is 13.2. The molecule has 0 aliphatic heterocycles. The van der Waals surface area contributed by atoms with Gasteiger partial charge in [-0.3, -0.25) is 14.4 Å². The summed E-state index contributed by atoms with van der Waals surface area (Å²) in [5.41, 5.74) is 0.456. The Morgan fingerprint density at radius 3 is 1.89 bits per heavy atom. The maximum absolute atomic E-state index is 12.9. The monoisotopic (exact) mass is 382 g/mol. The summed E-state index contributed by atoms with van der Waals surface area (Å²) in [7, 11) is 1.22. The first-order valence-electron chi connectivity index (χ1n) is 9.17. The number of carbonyl (C=O) groups excluding carboxylic acids is 3. The molecular weight excluding hydrogens is 356 g/mol. The fourth-order valence-corrected chi connectivity index (χ4v) is 2.99. The zero-order valence-corrected chi connectivity index (χ0v) is 16.7. The van der Waals surface area contributed by atoms with Gasteiger partial charge in [0, 0.05) is 17.9 Å². The largest absolute Gasteiger partial charge is 0.468 e. The summed E-state index contributed by atoms with van der Waals surface area (Å²) in [6, 6.07) is 17.8. The molecule has 2 aromatic carbocycles. The van der Waals surface area contributed by atoms with Crippen molar-refractivity contribution in [1.29, 1.82) is 0 Å². The number of hydrogen-bond acceptors (Lipinski definition) is 5. The maximum Gasteiger partial charge on any atom is 0.321 e. The summed E-state index contributed by atoms with van der Waals surface area (Å²) in [6.07, 6.45) is -0.0208. The summed E-state index contributed by atoms with van der Waals surface area (Å²) in [5.74, 6) is -3.51. The molecule has 0 aliphatic rings. The van der Waals surface area contributed by atoms with Gasteiger partial charge in [0.25, 0.3) is 0 Å². The van der Waals surface area contributed by atoms with Crippen LogP contribution in [0.5, 0.6) is 0 Å². The first kappa shape index (κ1) is 21.4. The van der Waals surface area contributed by atoms with Gasteiger partial charge in [0.05, 0.1) is 7.11 Å². The normalized spacial score (nSPS) is 13.3. The highest BCUT2D eigenvalue weighted by Crippen LogP contribution is 2.32. The molecule has 0 N–H and O–H groups in total. The van der Waals surface area contributed by atoms with Crippen molar-refractivity contribution in [2.75, 3.05) is 7.11 Å². The van der Waals surface area contributed by atoms with Crippen molar-refractivity contribution in [2.24, 2.45) is 5.92 Å². The molecule has 2 atom stereocenters.